The molecule has 0 aromatic carbocycles. The summed E-state index contributed by atoms with van der Waals surface area (Å²) in [6, 6.07) is -0.131. The van der Waals surface area contributed by atoms with Crippen molar-refractivity contribution in [3.05, 3.63) is 27.9 Å². The van der Waals surface area contributed by atoms with E-state index < -0.39 is 10.0 Å². The molecule has 2 bridgehead atoms. The lowest BCUT2D eigenvalue weighted by Gasteiger charge is -2.37. The van der Waals surface area contributed by atoms with E-state index in [2.05, 4.69) is 10.3 Å². The molecule has 2 aliphatic rings. The Bertz CT molecular complexity index is 834. The van der Waals surface area contributed by atoms with E-state index in [1.165, 1.54) is 17.2 Å². The zero-order valence-electron chi connectivity index (χ0n) is 14.7. The highest BCUT2D eigenvalue weighted by molar-refractivity contribution is 7.88. The standard InChI is InChI=1S/C16H24N4O4S/c1-10-11(2)17-9-19(16(10)22)8-15(21)18-12-6-13-4-5-14(7-12)20(13)25(3,23)24/h9,12-14H,4-8H2,1-3H3,(H,18,21). The molecule has 9 heteroatoms. The molecular formula is C16H24N4O4S. The maximum atomic E-state index is 12.3. The number of aromatic nitrogens is 2. The van der Waals surface area contributed by atoms with Gasteiger partial charge in [-0.3, -0.25) is 14.2 Å². The van der Waals surface area contributed by atoms with Gasteiger partial charge in [0.25, 0.3) is 5.56 Å². The Morgan fingerprint density at radius 2 is 1.88 bits per heavy atom. The fraction of sp³-hybridized carbons (Fsp3) is 0.688. The Kier molecular flexibility index (Phi) is 4.72. The molecular weight excluding hydrogens is 344 g/mol. The highest BCUT2D eigenvalue weighted by atomic mass is 32.2. The van der Waals surface area contributed by atoms with Crippen LogP contribution in [0.2, 0.25) is 0 Å². The molecule has 2 fully saturated rings. The lowest BCUT2D eigenvalue weighted by molar-refractivity contribution is -0.122. The third-order valence-corrected chi connectivity index (χ3v) is 6.61. The molecule has 1 N–H and O–H groups in total. The summed E-state index contributed by atoms with van der Waals surface area (Å²) in [6.45, 7) is 3.37. The maximum absolute atomic E-state index is 12.3. The Labute approximate surface area is 147 Å². The third-order valence-electron chi connectivity index (χ3n) is 5.24. The average Bonchev–Trinajstić information content (AvgIpc) is 2.80. The number of carbonyl (C=O) groups excluding carboxylic acids is 1. The monoisotopic (exact) mass is 368 g/mol. The Hall–Kier alpha value is -1.74. The quantitative estimate of drug-likeness (QED) is 0.802. The minimum absolute atomic E-state index is 0.0370. The van der Waals surface area contributed by atoms with Gasteiger partial charge in [0, 0.05) is 29.4 Å². The molecule has 2 unspecified atom stereocenters. The second kappa shape index (κ2) is 6.53. The minimum Gasteiger partial charge on any atom is -0.352 e. The molecule has 2 atom stereocenters. The van der Waals surface area contributed by atoms with E-state index in [0.717, 1.165) is 12.8 Å². The first-order chi connectivity index (χ1) is 11.7. The number of hydrogen-bond acceptors (Lipinski definition) is 5. The van der Waals surface area contributed by atoms with Crippen LogP contribution >= 0.6 is 0 Å². The lowest BCUT2D eigenvalue weighted by atomic mass is 10.00. The normalized spacial score (nSPS) is 26.6. The van der Waals surface area contributed by atoms with Crippen molar-refractivity contribution in [3.8, 4) is 0 Å². The number of fused-ring (bicyclic) bond motifs is 2. The first kappa shape index (κ1) is 18.1. The highest BCUT2D eigenvalue weighted by Gasteiger charge is 2.45. The van der Waals surface area contributed by atoms with Crippen LogP contribution in [0.1, 0.15) is 36.9 Å². The summed E-state index contributed by atoms with van der Waals surface area (Å²) < 4.78 is 26.7. The van der Waals surface area contributed by atoms with Crippen LogP contribution in [0.15, 0.2) is 11.1 Å². The molecule has 25 heavy (non-hydrogen) atoms. The van der Waals surface area contributed by atoms with Gasteiger partial charge in [-0.15, -0.1) is 0 Å². The number of piperidine rings is 1. The molecule has 1 amide bonds. The summed E-state index contributed by atoms with van der Waals surface area (Å²) in [5.41, 5.74) is 0.982. The molecule has 1 aromatic rings. The molecule has 3 heterocycles. The molecule has 0 saturated carbocycles. The summed E-state index contributed by atoms with van der Waals surface area (Å²) in [4.78, 5) is 28.6. The number of carbonyl (C=O) groups is 1. The summed E-state index contributed by atoms with van der Waals surface area (Å²) in [5.74, 6) is -0.246. The molecule has 2 saturated heterocycles. The number of nitrogens with zero attached hydrogens (tertiary/aromatic N) is 3. The number of nitrogens with one attached hydrogen (secondary N) is 1. The fourth-order valence-electron chi connectivity index (χ4n) is 4.01. The first-order valence-electron chi connectivity index (χ1n) is 8.47. The Morgan fingerprint density at radius 1 is 1.28 bits per heavy atom. The Balaban J connectivity index is 1.64. The van der Waals surface area contributed by atoms with Crippen molar-refractivity contribution in [3.63, 3.8) is 0 Å². The second-order valence-electron chi connectivity index (χ2n) is 7.10. The predicted octanol–water partition coefficient (Wildman–Crippen LogP) is -0.0687. The smallest absolute Gasteiger partial charge is 0.256 e. The van der Waals surface area contributed by atoms with Crippen molar-refractivity contribution >= 4 is 15.9 Å². The van der Waals surface area contributed by atoms with Crippen LogP contribution in [0.3, 0.4) is 0 Å². The van der Waals surface area contributed by atoms with Crippen molar-refractivity contribution in [2.45, 2.75) is 64.2 Å². The van der Waals surface area contributed by atoms with E-state index in [4.69, 9.17) is 0 Å². The maximum Gasteiger partial charge on any atom is 0.256 e. The summed E-state index contributed by atoms with van der Waals surface area (Å²) in [5, 5.41) is 2.95. The van der Waals surface area contributed by atoms with Crippen LogP contribution in [0.4, 0.5) is 0 Å². The second-order valence-corrected chi connectivity index (χ2v) is 8.99. The van der Waals surface area contributed by atoms with Gasteiger partial charge in [0.1, 0.15) is 6.54 Å². The number of sulfonamides is 1. The highest BCUT2D eigenvalue weighted by Crippen LogP contribution is 2.37. The summed E-state index contributed by atoms with van der Waals surface area (Å²) >= 11 is 0. The molecule has 0 aliphatic carbocycles. The van der Waals surface area contributed by atoms with Gasteiger partial charge >= 0.3 is 0 Å². The first-order valence-corrected chi connectivity index (χ1v) is 10.3. The van der Waals surface area contributed by atoms with E-state index in [9.17, 15) is 18.0 Å². The van der Waals surface area contributed by atoms with Crippen molar-refractivity contribution in [1.82, 2.24) is 19.2 Å². The third kappa shape index (κ3) is 3.62. The van der Waals surface area contributed by atoms with Gasteiger partial charge in [0.05, 0.1) is 12.6 Å². The SMILES string of the molecule is Cc1ncn(CC(=O)NC2CC3CCC(C2)N3S(C)(=O)=O)c(=O)c1C. The molecule has 1 aromatic heterocycles. The van der Waals surface area contributed by atoms with E-state index in [0.29, 0.717) is 24.1 Å². The fourth-order valence-corrected chi connectivity index (χ4v) is 5.48. The minimum atomic E-state index is -3.21. The van der Waals surface area contributed by atoms with Crippen molar-refractivity contribution in [1.29, 1.82) is 0 Å². The number of aryl methyl sites for hydroxylation is 1. The van der Waals surface area contributed by atoms with Crippen LogP contribution < -0.4 is 10.9 Å². The average molecular weight is 368 g/mol. The van der Waals surface area contributed by atoms with E-state index in [1.807, 2.05) is 0 Å². The number of hydrogen-bond donors (Lipinski definition) is 1. The predicted molar refractivity (Wildman–Crippen MR) is 92.6 cm³/mol. The molecule has 2 aliphatic heterocycles. The lowest BCUT2D eigenvalue weighted by Crippen LogP contribution is -2.52. The van der Waals surface area contributed by atoms with Crippen molar-refractivity contribution in [2.75, 3.05) is 6.26 Å². The van der Waals surface area contributed by atoms with Gasteiger partial charge in [0.2, 0.25) is 15.9 Å². The van der Waals surface area contributed by atoms with Crippen molar-refractivity contribution in [2.24, 2.45) is 0 Å². The van der Waals surface area contributed by atoms with Gasteiger partial charge in [-0.25, -0.2) is 13.4 Å². The number of amides is 1. The summed E-state index contributed by atoms with van der Waals surface area (Å²) in [7, 11) is -3.21. The van der Waals surface area contributed by atoms with Gasteiger partial charge in [-0.2, -0.15) is 4.31 Å². The van der Waals surface area contributed by atoms with Gasteiger partial charge in [0.15, 0.2) is 0 Å². The molecule has 8 nitrogen and oxygen atoms in total. The zero-order chi connectivity index (χ0) is 18.4. The zero-order valence-corrected chi connectivity index (χ0v) is 15.5. The van der Waals surface area contributed by atoms with Gasteiger partial charge in [-0.1, -0.05) is 0 Å². The van der Waals surface area contributed by atoms with Crippen LogP contribution in [-0.4, -0.2) is 52.6 Å². The Morgan fingerprint density at radius 3 is 2.44 bits per heavy atom. The van der Waals surface area contributed by atoms with E-state index in [1.54, 1.807) is 18.2 Å². The van der Waals surface area contributed by atoms with E-state index >= 15 is 0 Å². The molecule has 3 rings (SSSR count). The van der Waals surface area contributed by atoms with Crippen LogP contribution in [0.5, 0.6) is 0 Å². The van der Waals surface area contributed by atoms with E-state index in [-0.39, 0.29) is 36.1 Å². The molecule has 138 valence electrons. The van der Waals surface area contributed by atoms with Crippen LogP contribution in [-0.2, 0) is 21.4 Å². The number of rotatable bonds is 4. The molecule has 0 radical (unpaired) electrons. The van der Waals surface area contributed by atoms with Gasteiger partial charge < -0.3 is 5.32 Å². The van der Waals surface area contributed by atoms with Crippen molar-refractivity contribution < 1.29 is 13.2 Å². The van der Waals surface area contributed by atoms with Crippen LogP contribution in [0, 0.1) is 13.8 Å². The summed E-state index contributed by atoms with van der Waals surface area (Å²) in [6.07, 6.45) is 5.55. The topological polar surface area (TPSA) is 101 Å². The van der Waals surface area contributed by atoms with Gasteiger partial charge in [-0.05, 0) is 39.5 Å². The largest absolute Gasteiger partial charge is 0.352 e. The molecule has 0 spiro atoms. The van der Waals surface area contributed by atoms with Crippen LogP contribution in [0.25, 0.3) is 0 Å².